The lowest BCUT2D eigenvalue weighted by Gasteiger charge is -2.32. The molecule has 0 aromatic rings. The summed E-state index contributed by atoms with van der Waals surface area (Å²) >= 11 is 0. The van der Waals surface area contributed by atoms with Crippen LogP contribution in [0.3, 0.4) is 0 Å². The number of hydrogen-bond acceptors (Lipinski definition) is 2. The van der Waals surface area contributed by atoms with Crippen molar-refractivity contribution in [3.05, 3.63) is 0 Å². The van der Waals surface area contributed by atoms with Crippen molar-refractivity contribution in [3.63, 3.8) is 0 Å². The summed E-state index contributed by atoms with van der Waals surface area (Å²) < 4.78 is 0. The smallest absolute Gasteiger partial charge is 0.220 e. The number of carbonyl (C=O) groups is 1. The van der Waals surface area contributed by atoms with Crippen LogP contribution in [0.1, 0.15) is 72.1 Å². The highest BCUT2D eigenvalue weighted by Gasteiger charge is 2.34. The Balaban J connectivity index is 1.75. The molecule has 3 nitrogen and oxygen atoms in total. The molecule has 2 aliphatic rings. The van der Waals surface area contributed by atoms with Crippen LogP contribution in [0.15, 0.2) is 0 Å². The van der Waals surface area contributed by atoms with Gasteiger partial charge in [-0.2, -0.15) is 0 Å². The summed E-state index contributed by atoms with van der Waals surface area (Å²) in [5.74, 6) is 0.879. The van der Waals surface area contributed by atoms with Crippen LogP contribution in [-0.4, -0.2) is 24.5 Å². The van der Waals surface area contributed by atoms with E-state index in [4.69, 9.17) is 0 Å². The van der Waals surface area contributed by atoms with Crippen molar-refractivity contribution in [3.8, 4) is 0 Å². The molecule has 0 radical (unpaired) electrons. The molecule has 2 saturated heterocycles. The zero-order valence-corrected chi connectivity index (χ0v) is 13.5. The summed E-state index contributed by atoms with van der Waals surface area (Å²) in [5.41, 5.74) is 0.308. The number of carbonyl (C=O) groups excluding carboxylic acids is 1. The van der Waals surface area contributed by atoms with Crippen LogP contribution >= 0.6 is 0 Å². The van der Waals surface area contributed by atoms with Gasteiger partial charge in [-0.05, 0) is 56.3 Å². The second-order valence-corrected chi connectivity index (χ2v) is 7.02. The molecule has 1 amide bonds. The third-order valence-corrected chi connectivity index (χ3v) is 5.96. The summed E-state index contributed by atoms with van der Waals surface area (Å²) in [6.07, 6.45) is 9.21. The number of nitrogens with one attached hydrogen (secondary N) is 2. The highest BCUT2D eigenvalue weighted by molar-refractivity contribution is 5.76. The molecule has 0 aromatic heterocycles. The SMILES string of the molecule is CCC(CC)(CC)CNC(=O)CC1CC2CCC(C1)N2. The lowest BCUT2D eigenvalue weighted by atomic mass is 9.79. The van der Waals surface area contributed by atoms with E-state index in [2.05, 4.69) is 31.4 Å². The Labute approximate surface area is 124 Å². The van der Waals surface area contributed by atoms with Gasteiger partial charge in [0.2, 0.25) is 5.91 Å². The molecule has 2 heterocycles. The average molecular weight is 280 g/mol. The van der Waals surface area contributed by atoms with Gasteiger partial charge in [0.05, 0.1) is 0 Å². The van der Waals surface area contributed by atoms with E-state index in [1.165, 1.54) is 25.7 Å². The molecule has 0 aliphatic carbocycles. The van der Waals surface area contributed by atoms with E-state index >= 15 is 0 Å². The van der Waals surface area contributed by atoms with Crippen LogP contribution in [0, 0.1) is 11.3 Å². The maximum absolute atomic E-state index is 12.2. The van der Waals surface area contributed by atoms with Gasteiger partial charge in [-0.25, -0.2) is 0 Å². The highest BCUT2D eigenvalue weighted by Crippen LogP contribution is 2.33. The van der Waals surface area contributed by atoms with E-state index in [0.29, 0.717) is 23.4 Å². The first-order valence-corrected chi connectivity index (χ1v) is 8.63. The monoisotopic (exact) mass is 280 g/mol. The topological polar surface area (TPSA) is 41.1 Å². The van der Waals surface area contributed by atoms with Gasteiger partial charge in [-0.1, -0.05) is 20.8 Å². The fourth-order valence-corrected chi connectivity index (χ4v) is 4.09. The normalized spacial score (nSPS) is 29.4. The van der Waals surface area contributed by atoms with Gasteiger partial charge in [-0.3, -0.25) is 4.79 Å². The largest absolute Gasteiger partial charge is 0.356 e. The van der Waals surface area contributed by atoms with Gasteiger partial charge in [0.25, 0.3) is 0 Å². The molecule has 116 valence electrons. The maximum Gasteiger partial charge on any atom is 0.220 e. The fraction of sp³-hybridized carbons (Fsp3) is 0.941. The molecule has 20 heavy (non-hydrogen) atoms. The van der Waals surface area contributed by atoms with Gasteiger partial charge in [0.15, 0.2) is 0 Å². The van der Waals surface area contributed by atoms with Crippen LogP contribution < -0.4 is 10.6 Å². The molecule has 0 saturated carbocycles. The van der Waals surface area contributed by atoms with Crippen molar-refractivity contribution in [1.82, 2.24) is 10.6 Å². The Hall–Kier alpha value is -0.570. The quantitative estimate of drug-likeness (QED) is 0.751. The predicted octanol–water partition coefficient (Wildman–Crippen LogP) is 3.24. The molecule has 0 aromatic carbocycles. The Bertz CT molecular complexity index is 305. The molecule has 2 fully saturated rings. The van der Waals surface area contributed by atoms with E-state index in [9.17, 15) is 4.79 Å². The van der Waals surface area contributed by atoms with Crippen molar-refractivity contribution in [2.24, 2.45) is 11.3 Å². The van der Waals surface area contributed by atoms with Gasteiger partial charge < -0.3 is 10.6 Å². The van der Waals surface area contributed by atoms with Gasteiger partial charge in [0.1, 0.15) is 0 Å². The minimum absolute atomic E-state index is 0.274. The van der Waals surface area contributed by atoms with Crippen LogP contribution in [0.25, 0.3) is 0 Å². The standard InChI is InChI=1S/C17H32N2O/c1-4-17(5-2,6-3)12-18-16(20)11-13-9-14-7-8-15(10-13)19-14/h13-15,19H,4-12H2,1-3H3,(H,18,20). The van der Waals surface area contributed by atoms with E-state index in [1.807, 2.05) is 0 Å². The van der Waals surface area contributed by atoms with Crippen molar-refractivity contribution in [2.75, 3.05) is 6.54 Å². The molecule has 0 spiro atoms. The van der Waals surface area contributed by atoms with Gasteiger partial charge in [-0.15, -0.1) is 0 Å². The number of fused-ring (bicyclic) bond motifs is 2. The second kappa shape index (κ2) is 6.93. The summed E-state index contributed by atoms with van der Waals surface area (Å²) in [6.45, 7) is 7.57. The number of amides is 1. The second-order valence-electron chi connectivity index (χ2n) is 7.02. The average Bonchev–Trinajstić information content (AvgIpc) is 2.80. The maximum atomic E-state index is 12.2. The van der Waals surface area contributed by atoms with Gasteiger partial charge >= 0.3 is 0 Å². The fourth-order valence-electron chi connectivity index (χ4n) is 4.09. The van der Waals surface area contributed by atoms with E-state index < -0.39 is 0 Å². The molecule has 2 N–H and O–H groups in total. The molecule has 2 atom stereocenters. The Morgan fingerprint density at radius 1 is 1.10 bits per heavy atom. The molecule has 2 bridgehead atoms. The molecule has 2 unspecified atom stereocenters. The number of hydrogen-bond donors (Lipinski definition) is 2. The van der Waals surface area contributed by atoms with Crippen LogP contribution in [0.2, 0.25) is 0 Å². The lowest BCUT2D eigenvalue weighted by Crippen LogP contribution is -2.41. The first-order chi connectivity index (χ1) is 9.60. The first kappa shape index (κ1) is 15.8. The first-order valence-electron chi connectivity index (χ1n) is 8.63. The summed E-state index contributed by atoms with van der Waals surface area (Å²) in [4.78, 5) is 12.2. The number of rotatable bonds is 7. The minimum atomic E-state index is 0.274. The van der Waals surface area contributed by atoms with Crippen LogP contribution in [0.5, 0.6) is 0 Å². The van der Waals surface area contributed by atoms with Crippen molar-refractivity contribution in [2.45, 2.75) is 84.2 Å². The molecular weight excluding hydrogens is 248 g/mol. The van der Waals surface area contributed by atoms with E-state index in [0.717, 1.165) is 32.2 Å². The third kappa shape index (κ3) is 3.75. The van der Waals surface area contributed by atoms with Crippen molar-refractivity contribution in [1.29, 1.82) is 0 Å². The Kier molecular flexibility index (Phi) is 5.48. The summed E-state index contributed by atoms with van der Waals surface area (Å²) in [7, 11) is 0. The molecule has 2 aliphatic heterocycles. The molecule has 2 rings (SSSR count). The van der Waals surface area contributed by atoms with E-state index in [-0.39, 0.29) is 5.91 Å². The lowest BCUT2D eigenvalue weighted by molar-refractivity contribution is -0.122. The van der Waals surface area contributed by atoms with Crippen LogP contribution in [0.4, 0.5) is 0 Å². The molecule has 3 heteroatoms. The Morgan fingerprint density at radius 2 is 1.65 bits per heavy atom. The van der Waals surface area contributed by atoms with Crippen LogP contribution in [-0.2, 0) is 4.79 Å². The van der Waals surface area contributed by atoms with E-state index in [1.54, 1.807) is 0 Å². The van der Waals surface area contributed by atoms with Crippen molar-refractivity contribution < 1.29 is 4.79 Å². The predicted molar refractivity (Wildman–Crippen MR) is 83.6 cm³/mol. The molecular formula is C17H32N2O. The zero-order chi connectivity index (χ0) is 14.6. The zero-order valence-electron chi connectivity index (χ0n) is 13.5. The van der Waals surface area contributed by atoms with Gasteiger partial charge in [0, 0.05) is 25.0 Å². The summed E-state index contributed by atoms with van der Waals surface area (Å²) in [6, 6.07) is 1.38. The summed E-state index contributed by atoms with van der Waals surface area (Å²) in [5, 5.41) is 6.86. The highest BCUT2D eigenvalue weighted by atomic mass is 16.1. The number of piperidine rings is 1. The van der Waals surface area contributed by atoms with Crippen molar-refractivity contribution >= 4 is 5.91 Å². The minimum Gasteiger partial charge on any atom is -0.356 e. The third-order valence-electron chi connectivity index (χ3n) is 5.96. The Morgan fingerprint density at radius 3 is 2.15 bits per heavy atom.